The van der Waals surface area contributed by atoms with Gasteiger partial charge in [-0.05, 0) is 143 Å². The second-order valence-electron chi connectivity index (χ2n) is 35.2. The third-order valence-electron chi connectivity index (χ3n) is 25.6. The van der Waals surface area contributed by atoms with Crippen LogP contribution in [0, 0.1) is 75.2 Å². The van der Waals surface area contributed by atoms with E-state index >= 15 is 0 Å². The van der Waals surface area contributed by atoms with Crippen LogP contribution in [0.1, 0.15) is 0 Å². The van der Waals surface area contributed by atoms with Gasteiger partial charge in [0, 0.05) is 173 Å². The number of benzene rings is 14. The standard InChI is InChI=1S/C33H24B2N3O.C33H24BN4O.C27H19BN3O2.C27H19BN3OS.4Pt/c1-37-20-21-38(24-37)27-13-9-12-26(22-27)35-30-15-6-5-14-29(30)34(25-10-3-2-4-11-25)31-18-17-28(23-32(31)35)39-33-16-7-8-19-36-33;1-36-20-21-37(24-36)27-13-9-10-25(22-27)34-29-14-5-6-15-31(29)38(26-11-3-2-4-12-26)32-18-17-28(23-30(32)34)39-33-16-7-8-19-35-33;2*1-30-15-16-31(19-30)21-8-6-7-20(17-21)28-23-9-2-3-10-25(23)33-26-13-12-22(18-24(26)28)32-27-11-4-5-14-29-27;;;;/h2*2-21,24H,1H3;2*2-16,19H,1H3;;;;/q4*-3;;;;. The summed E-state index contributed by atoms with van der Waals surface area (Å²) in [6, 6.07) is 148. The first-order chi connectivity index (χ1) is 71.0. The van der Waals surface area contributed by atoms with Gasteiger partial charge in [-0.1, -0.05) is 185 Å². The average molecular weight is 2660 g/mol. The zero-order valence-electron chi connectivity index (χ0n) is 80.1. The van der Waals surface area contributed by atoms with Crippen molar-refractivity contribution in [3.05, 3.63) is 501 Å². The first kappa shape index (κ1) is 102. The number of para-hydroxylation sites is 3. The Hall–Kier alpha value is -14.7. The third kappa shape index (κ3) is 22.1. The minimum Gasteiger partial charge on any atom is -0.518 e. The molecule has 12 heterocycles. The van der Waals surface area contributed by atoms with Gasteiger partial charge >= 0.3 is 0 Å². The molecule has 8 aliphatic heterocycles. The second-order valence-corrected chi connectivity index (χ2v) is 36.3. The topological polar surface area (TPSA) is 127 Å². The maximum Gasteiger partial charge on any atom is 0.216 e. The smallest absolute Gasteiger partial charge is 0.216 e. The Kier molecular flexibility index (Phi) is 32.0. The zero-order chi connectivity index (χ0) is 96.8. The van der Waals surface area contributed by atoms with Gasteiger partial charge in [-0.3, -0.25) is 0 Å². The molecule has 0 unspecified atom stereocenters. The van der Waals surface area contributed by atoms with Crippen LogP contribution in [0.5, 0.6) is 58.0 Å². The number of anilines is 7. The number of aromatic nitrogens is 4. The molecule has 0 N–H and O–H groups in total. The molecule has 0 amide bonds. The van der Waals surface area contributed by atoms with Crippen molar-refractivity contribution in [3.63, 3.8) is 0 Å². The molecule has 734 valence electrons. The number of hydrogen-bond donors (Lipinski definition) is 0. The second kappa shape index (κ2) is 46.6. The molecule has 18 aromatic rings. The Morgan fingerprint density at radius 3 is 1.09 bits per heavy atom. The Bertz CT molecular complexity index is 7400. The minimum atomic E-state index is -0.0958. The predicted molar refractivity (Wildman–Crippen MR) is 582 cm³/mol. The van der Waals surface area contributed by atoms with E-state index in [0.717, 1.165) is 100 Å². The van der Waals surface area contributed by atoms with Gasteiger partial charge in [0.2, 0.25) is 23.5 Å². The van der Waals surface area contributed by atoms with Gasteiger partial charge in [-0.15, -0.1) is 93.8 Å². The van der Waals surface area contributed by atoms with E-state index < -0.39 is 0 Å². The van der Waals surface area contributed by atoms with Crippen molar-refractivity contribution in [2.24, 2.45) is 0 Å². The zero-order valence-corrected chi connectivity index (χ0v) is 90.0. The number of rotatable bonds is 18. The Morgan fingerprint density at radius 1 is 0.257 bits per heavy atom. The number of hydrogen-bond acceptors (Lipinski definition) is 19. The summed E-state index contributed by atoms with van der Waals surface area (Å²) >= 11 is 1.77. The summed E-state index contributed by atoms with van der Waals surface area (Å²) in [6.07, 6.45) is 23.1. The van der Waals surface area contributed by atoms with Crippen molar-refractivity contribution in [1.82, 2.24) is 39.5 Å². The van der Waals surface area contributed by atoms with Crippen molar-refractivity contribution >= 4 is 167 Å². The fourth-order valence-electron chi connectivity index (χ4n) is 19.2. The van der Waals surface area contributed by atoms with E-state index in [4.69, 9.17) is 23.7 Å². The summed E-state index contributed by atoms with van der Waals surface area (Å²) in [6.45, 7) is 8.03. The van der Waals surface area contributed by atoms with Crippen molar-refractivity contribution in [2.45, 2.75) is 9.79 Å². The number of ether oxygens (including phenoxy) is 5. The van der Waals surface area contributed by atoms with Crippen molar-refractivity contribution < 1.29 is 108 Å². The van der Waals surface area contributed by atoms with Crippen LogP contribution in [0.2, 0.25) is 0 Å². The average Bonchev–Trinajstić information content (AvgIpc) is 0.771. The molecule has 26 rings (SSSR count). The summed E-state index contributed by atoms with van der Waals surface area (Å²) in [5.41, 5.74) is 24.2. The predicted octanol–water partition coefficient (Wildman–Crippen LogP) is 14.5. The van der Waals surface area contributed by atoms with Crippen LogP contribution in [-0.2, 0) is 84.3 Å². The van der Waals surface area contributed by atoms with E-state index in [1.807, 2.05) is 239 Å². The van der Waals surface area contributed by atoms with E-state index in [1.165, 1.54) is 42.6 Å². The quantitative estimate of drug-likeness (QED) is 0.0596. The third-order valence-corrected chi connectivity index (χ3v) is 26.8. The number of nitrogens with zero attached hydrogens (tertiary/aromatic N) is 13. The van der Waals surface area contributed by atoms with Crippen LogP contribution < -0.4 is 130 Å². The van der Waals surface area contributed by atoms with Crippen molar-refractivity contribution in [2.75, 3.05) is 52.7 Å². The first-order valence-corrected chi connectivity index (χ1v) is 48.2. The fraction of sp³-hybridized carbons (Fsp3) is 0.0333. The molecule has 18 nitrogen and oxygen atoms in total. The molecule has 0 aliphatic carbocycles. The largest absolute Gasteiger partial charge is 0.518 e. The molecule has 4 aromatic heterocycles. The van der Waals surface area contributed by atoms with Gasteiger partial charge in [0.05, 0.1) is 0 Å². The fourth-order valence-corrected chi connectivity index (χ4v) is 20.3. The van der Waals surface area contributed by atoms with Gasteiger partial charge in [-0.2, -0.15) is 191 Å². The molecular formula is C120H86B5N13O5Pt4S-12. The molecular weight excluding hydrogens is 2570 g/mol. The molecule has 28 heteroatoms. The number of fused-ring (bicyclic) bond motifs is 8. The van der Waals surface area contributed by atoms with Gasteiger partial charge in [-0.25, -0.2) is 19.9 Å². The minimum absolute atomic E-state index is 0. The molecule has 0 saturated carbocycles. The van der Waals surface area contributed by atoms with Gasteiger partial charge in [0.15, 0.2) is 33.6 Å². The molecule has 0 spiro atoms. The van der Waals surface area contributed by atoms with E-state index in [9.17, 15) is 0 Å². The monoisotopic (exact) mass is 2660 g/mol. The molecule has 8 aliphatic rings. The molecule has 0 fully saturated rings. The molecule has 0 radical (unpaired) electrons. The van der Waals surface area contributed by atoms with E-state index in [1.54, 1.807) is 36.5 Å². The van der Waals surface area contributed by atoms with Crippen molar-refractivity contribution in [1.29, 1.82) is 0 Å². The van der Waals surface area contributed by atoms with Gasteiger partial charge in [0.1, 0.15) is 5.75 Å². The molecule has 0 saturated heterocycles. The van der Waals surface area contributed by atoms with Crippen LogP contribution in [0.25, 0.3) is 0 Å². The van der Waals surface area contributed by atoms with Crippen molar-refractivity contribution in [3.8, 4) is 58.0 Å². The van der Waals surface area contributed by atoms with Gasteiger partial charge in [0.25, 0.3) is 0 Å². The van der Waals surface area contributed by atoms with Gasteiger partial charge < -0.3 is 67.8 Å². The maximum absolute atomic E-state index is 6.23. The van der Waals surface area contributed by atoms with Crippen LogP contribution in [-0.4, -0.2) is 101 Å². The summed E-state index contributed by atoms with van der Waals surface area (Å²) < 4.78 is 30.5. The van der Waals surface area contributed by atoms with Crippen LogP contribution in [0.4, 0.5) is 39.8 Å². The molecule has 0 atom stereocenters. The molecule has 148 heavy (non-hydrogen) atoms. The van der Waals surface area contributed by atoms with E-state index in [-0.39, 0.29) is 118 Å². The Balaban J connectivity index is 0.000000123. The Labute approximate surface area is 928 Å². The first-order valence-electron chi connectivity index (χ1n) is 47.4. The van der Waals surface area contributed by atoms with E-state index in [0.29, 0.717) is 46.5 Å². The summed E-state index contributed by atoms with van der Waals surface area (Å²) in [7, 11) is 8.06. The maximum atomic E-state index is 6.23. The van der Waals surface area contributed by atoms with Crippen LogP contribution in [0.3, 0.4) is 0 Å². The SMILES string of the molecule is CN1C=CN(c2[c-]c(B3c4[c-]c(Oc5ccccn5)ccc4B(c4ccccc4)c4ccccc43)ccc2)[CH-]1.CN1C=CN(c2[c-]c(B3c4[c-]c(Oc5ccccn5)ccc4N(c4ccccc4)c4ccccc43)ccc2)[CH-]1.CN1C=CN(c2[c-]c(B3c4[c-]c(Oc5ccccn5)ccc4Oc4ccccc43)ccc2)[CH-]1.CN1C=CN(c2[c-]c(B3c4[c-]c(Oc5ccccn5)ccc4Sc4ccccc43)ccc2)[CH-]1.[Pt].[Pt].[Pt].[Pt]. The molecule has 14 aromatic carbocycles. The summed E-state index contributed by atoms with van der Waals surface area (Å²) in [5.74, 6) is 6.30. The van der Waals surface area contributed by atoms with E-state index in [2.05, 4.69) is 330 Å². The number of pyridine rings is 4. The van der Waals surface area contributed by atoms with Crippen LogP contribution in [0.15, 0.2) is 436 Å². The Morgan fingerprint density at radius 2 is 0.622 bits per heavy atom. The van der Waals surface area contributed by atoms with Crippen LogP contribution >= 0.6 is 11.8 Å². The summed E-state index contributed by atoms with van der Waals surface area (Å²) in [4.78, 5) is 38.4. The molecule has 0 bridgehead atoms. The normalized spacial score (nSPS) is 13.6. The summed E-state index contributed by atoms with van der Waals surface area (Å²) in [5, 5.41) is 0.